The fourth-order valence-corrected chi connectivity index (χ4v) is 4.90. The highest BCUT2D eigenvalue weighted by atomic mass is 16.3. The van der Waals surface area contributed by atoms with E-state index in [-0.39, 0.29) is 24.2 Å². The first-order chi connectivity index (χ1) is 14.3. The van der Waals surface area contributed by atoms with Gasteiger partial charge in [0.25, 0.3) is 0 Å². The summed E-state index contributed by atoms with van der Waals surface area (Å²) in [4.78, 5) is 26.3. The molecule has 0 bridgehead atoms. The minimum Gasteiger partial charge on any atom is -0.508 e. The summed E-state index contributed by atoms with van der Waals surface area (Å²) in [5.74, 6) is -1.75. The van der Waals surface area contributed by atoms with Gasteiger partial charge >= 0.3 is 0 Å². The largest absolute Gasteiger partial charge is 0.508 e. The Morgan fingerprint density at radius 1 is 1.23 bits per heavy atom. The van der Waals surface area contributed by atoms with Gasteiger partial charge < -0.3 is 15.3 Å². The molecule has 6 nitrogen and oxygen atoms in total. The van der Waals surface area contributed by atoms with Crippen LogP contribution in [0.4, 0.5) is 0 Å². The Bertz CT molecular complexity index is 870. The molecule has 1 aromatic rings. The van der Waals surface area contributed by atoms with Gasteiger partial charge in [-0.05, 0) is 55.9 Å². The lowest BCUT2D eigenvalue weighted by Gasteiger charge is -2.36. The normalized spacial score (nSPS) is 25.7. The summed E-state index contributed by atoms with van der Waals surface area (Å²) in [5, 5.41) is 30.5. The highest BCUT2D eigenvalue weighted by molar-refractivity contribution is 6.05. The minimum atomic E-state index is -0.768. The molecule has 0 unspecified atom stereocenters. The average molecular weight is 414 g/mol. The number of likely N-dealkylation sites (tertiary alicyclic amines) is 1. The van der Waals surface area contributed by atoms with Crippen LogP contribution in [0.1, 0.15) is 45.1 Å². The maximum Gasteiger partial charge on any atom is 0.233 e. The minimum absolute atomic E-state index is 0.185. The van der Waals surface area contributed by atoms with Crippen molar-refractivity contribution >= 4 is 17.9 Å². The molecule has 6 heteroatoms. The zero-order valence-electron chi connectivity index (χ0n) is 17.8. The molecule has 0 saturated carbocycles. The van der Waals surface area contributed by atoms with Gasteiger partial charge in [0.2, 0.25) is 11.8 Å². The lowest BCUT2D eigenvalue weighted by molar-refractivity contribution is -0.138. The SMILES string of the molecule is CCC1=C([C@H](O)CC/C(C)=C/c2ccc(O)cc2)[C@H](CO)[C@@H]2C(=O)N(C)C(=O)[C@@H]2C1. The maximum absolute atomic E-state index is 12.6. The standard InChI is InChI=1S/C24H31NO5/c1-4-16-12-18-22(24(30)25(3)23(18)29)19(13-26)21(16)20(28)10-5-14(2)11-15-6-8-17(27)9-7-15/h6-9,11,18-20,22,26-28H,4-5,10,12-13H2,1-3H3/b14-11+/t18-,19+,20-,22-/m1/s1. The molecule has 1 fully saturated rings. The molecule has 1 aromatic carbocycles. The monoisotopic (exact) mass is 413 g/mol. The topological polar surface area (TPSA) is 98.1 Å². The average Bonchev–Trinajstić information content (AvgIpc) is 2.96. The van der Waals surface area contributed by atoms with Gasteiger partial charge in [0.15, 0.2) is 0 Å². The van der Waals surface area contributed by atoms with Gasteiger partial charge in [-0.3, -0.25) is 14.5 Å². The molecule has 1 aliphatic carbocycles. The first kappa shape index (κ1) is 22.2. The highest BCUT2D eigenvalue weighted by Gasteiger charge is 2.53. The van der Waals surface area contributed by atoms with E-state index in [1.165, 1.54) is 11.9 Å². The van der Waals surface area contributed by atoms with Gasteiger partial charge in [-0.1, -0.05) is 36.3 Å². The van der Waals surface area contributed by atoms with E-state index in [1.54, 1.807) is 12.1 Å². The van der Waals surface area contributed by atoms with E-state index in [9.17, 15) is 24.9 Å². The Balaban J connectivity index is 1.78. The van der Waals surface area contributed by atoms with E-state index in [2.05, 4.69) is 0 Å². The van der Waals surface area contributed by atoms with E-state index in [1.807, 2.05) is 32.1 Å². The number of fused-ring (bicyclic) bond motifs is 1. The van der Waals surface area contributed by atoms with Gasteiger partial charge in [-0.15, -0.1) is 0 Å². The van der Waals surface area contributed by atoms with E-state index in [0.717, 1.165) is 22.3 Å². The van der Waals surface area contributed by atoms with E-state index in [4.69, 9.17) is 0 Å². The summed E-state index contributed by atoms with van der Waals surface area (Å²) in [6, 6.07) is 6.92. The number of hydrogen-bond donors (Lipinski definition) is 3. The van der Waals surface area contributed by atoms with E-state index >= 15 is 0 Å². The number of aliphatic hydroxyl groups is 2. The predicted octanol–water partition coefficient (Wildman–Crippen LogP) is 2.89. The van der Waals surface area contributed by atoms with Gasteiger partial charge in [0.05, 0.1) is 24.5 Å². The molecule has 0 spiro atoms. The Labute approximate surface area is 177 Å². The van der Waals surface area contributed by atoms with Gasteiger partial charge in [0, 0.05) is 13.0 Å². The number of rotatable bonds is 7. The number of nitrogens with zero attached hydrogens (tertiary/aromatic N) is 1. The summed E-state index contributed by atoms with van der Waals surface area (Å²) < 4.78 is 0. The Morgan fingerprint density at radius 3 is 2.50 bits per heavy atom. The number of carbonyl (C=O) groups excluding carboxylic acids is 2. The van der Waals surface area contributed by atoms with Crippen molar-refractivity contribution in [1.82, 2.24) is 4.90 Å². The van der Waals surface area contributed by atoms with Crippen LogP contribution in [0.15, 0.2) is 41.0 Å². The van der Waals surface area contributed by atoms with Crippen LogP contribution in [0.25, 0.3) is 6.08 Å². The van der Waals surface area contributed by atoms with E-state index < -0.39 is 23.9 Å². The Morgan fingerprint density at radius 2 is 1.90 bits per heavy atom. The predicted molar refractivity (Wildman–Crippen MR) is 114 cm³/mol. The molecular formula is C24H31NO5. The molecule has 4 atom stereocenters. The summed E-state index contributed by atoms with van der Waals surface area (Å²) >= 11 is 0. The van der Waals surface area contributed by atoms with Crippen molar-refractivity contribution in [3.8, 4) is 5.75 Å². The summed E-state index contributed by atoms with van der Waals surface area (Å²) in [7, 11) is 1.50. The van der Waals surface area contributed by atoms with Gasteiger partial charge in [0.1, 0.15) is 5.75 Å². The number of amides is 2. The number of aromatic hydroxyl groups is 1. The van der Waals surface area contributed by atoms with Crippen LogP contribution >= 0.6 is 0 Å². The van der Waals surface area contributed by atoms with Crippen LogP contribution in [0, 0.1) is 17.8 Å². The van der Waals surface area contributed by atoms with Crippen LogP contribution in [-0.2, 0) is 9.59 Å². The third kappa shape index (κ3) is 4.20. The van der Waals surface area contributed by atoms with Crippen molar-refractivity contribution in [1.29, 1.82) is 0 Å². The lowest BCUT2D eigenvalue weighted by atomic mass is 9.67. The molecule has 30 heavy (non-hydrogen) atoms. The van der Waals surface area contributed by atoms with Crippen molar-refractivity contribution in [2.75, 3.05) is 13.7 Å². The highest BCUT2D eigenvalue weighted by Crippen LogP contribution is 2.46. The molecular weight excluding hydrogens is 382 g/mol. The Hall–Kier alpha value is -2.44. The van der Waals surface area contributed by atoms with Crippen LogP contribution in [0.2, 0.25) is 0 Å². The molecule has 2 amide bonds. The first-order valence-electron chi connectivity index (χ1n) is 10.6. The lowest BCUT2D eigenvalue weighted by Crippen LogP contribution is -2.38. The Kier molecular flexibility index (Phi) is 6.78. The van der Waals surface area contributed by atoms with Crippen molar-refractivity contribution in [3.63, 3.8) is 0 Å². The van der Waals surface area contributed by atoms with Crippen LogP contribution in [-0.4, -0.2) is 51.8 Å². The van der Waals surface area contributed by atoms with Gasteiger partial charge in [-0.2, -0.15) is 0 Å². The molecule has 1 saturated heterocycles. The molecule has 1 aliphatic heterocycles. The third-order valence-electron chi connectivity index (χ3n) is 6.51. The second-order valence-electron chi connectivity index (χ2n) is 8.41. The molecule has 162 valence electrons. The smallest absolute Gasteiger partial charge is 0.233 e. The van der Waals surface area contributed by atoms with Crippen LogP contribution in [0.5, 0.6) is 5.75 Å². The fourth-order valence-electron chi connectivity index (χ4n) is 4.90. The maximum atomic E-state index is 12.6. The first-order valence-corrected chi connectivity index (χ1v) is 10.6. The molecule has 3 rings (SSSR count). The number of imide groups is 1. The second kappa shape index (κ2) is 9.14. The number of phenolic OH excluding ortho intramolecular Hbond substituents is 1. The van der Waals surface area contributed by atoms with E-state index in [0.29, 0.717) is 25.7 Å². The fraction of sp³-hybridized carbons (Fsp3) is 0.500. The molecule has 0 radical (unpaired) electrons. The van der Waals surface area contributed by atoms with Crippen LogP contribution < -0.4 is 0 Å². The second-order valence-corrected chi connectivity index (χ2v) is 8.41. The molecule has 3 N–H and O–H groups in total. The van der Waals surface area contributed by atoms with Crippen molar-refractivity contribution in [2.45, 2.75) is 45.6 Å². The summed E-state index contributed by atoms with van der Waals surface area (Å²) in [6.45, 7) is 3.72. The molecule has 0 aromatic heterocycles. The zero-order chi connectivity index (χ0) is 22.0. The number of hydrogen-bond acceptors (Lipinski definition) is 5. The van der Waals surface area contributed by atoms with Crippen molar-refractivity contribution in [3.05, 3.63) is 46.5 Å². The van der Waals surface area contributed by atoms with Crippen molar-refractivity contribution < 1.29 is 24.9 Å². The quantitative estimate of drug-likeness (QED) is 0.472. The zero-order valence-corrected chi connectivity index (χ0v) is 17.8. The number of allylic oxidation sites excluding steroid dienone is 2. The summed E-state index contributed by atoms with van der Waals surface area (Å²) in [5.41, 5.74) is 3.79. The van der Waals surface area contributed by atoms with Crippen molar-refractivity contribution in [2.24, 2.45) is 17.8 Å². The number of benzene rings is 1. The third-order valence-corrected chi connectivity index (χ3v) is 6.51. The summed E-state index contributed by atoms with van der Waals surface area (Å²) in [6.07, 6.45) is 3.53. The molecule has 2 aliphatic rings. The number of carbonyl (C=O) groups is 2. The number of phenols is 1. The van der Waals surface area contributed by atoms with Crippen LogP contribution in [0.3, 0.4) is 0 Å². The van der Waals surface area contributed by atoms with Gasteiger partial charge in [-0.25, -0.2) is 0 Å². The number of aliphatic hydroxyl groups excluding tert-OH is 2. The molecule has 1 heterocycles.